The van der Waals surface area contributed by atoms with Crippen LogP contribution in [0.25, 0.3) is 0 Å². The number of rotatable bonds is 10. The van der Waals surface area contributed by atoms with Gasteiger partial charge in [-0.25, -0.2) is 9.59 Å². The van der Waals surface area contributed by atoms with Crippen molar-refractivity contribution in [1.82, 2.24) is 25.8 Å². The first-order valence-corrected chi connectivity index (χ1v) is 16.8. The minimum atomic E-state index is -1.10. The van der Waals surface area contributed by atoms with E-state index in [1.54, 1.807) is 25.7 Å². The fourth-order valence-electron chi connectivity index (χ4n) is 6.58. The Morgan fingerprint density at radius 2 is 1.54 bits per heavy atom. The fraction of sp³-hybridized carbons (Fsp3) is 0.818. The Hall–Kier alpha value is -3.38. The number of ether oxygens (including phenoxy) is 1. The average Bonchev–Trinajstić information content (AvgIpc) is 3.36. The number of carbonyl (C=O) groups is 6. The Bertz CT molecular complexity index is 1160. The molecule has 1 aliphatic carbocycles. The van der Waals surface area contributed by atoms with Crippen LogP contribution in [0.5, 0.6) is 0 Å². The van der Waals surface area contributed by atoms with Gasteiger partial charge in [0, 0.05) is 25.7 Å². The van der Waals surface area contributed by atoms with E-state index in [0.717, 1.165) is 19.3 Å². The summed E-state index contributed by atoms with van der Waals surface area (Å²) in [4.78, 5) is 81.6. The number of hydrogen-bond donors (Lipinski definition) is 4. The van der Waals surface area contributed by atoms with Crippen LogP contribution in [0.2, 0.25) is 0 Å². The molecule has 5 atom stereocenters. The molecule has 3 rings (SSSR count). The SMILES string of the molecule is CC(C)C1CCN(C(=O)[C@@H](NC(=O)NC2CCCN(C(=O)OC(C)(C)C)C2)C(C)(C)C)[C@@H]1C(=O)NC(CC1CCC1)C(=O)C(N)=O. The van der Waals surface area contributed by atoms with Gasteiger partial charge in [0.1, 0.15) is 17.7 Å². The zero-order valence-corrected chi connectivity index (χ0v) is 28.9. The fourth-order valence-corrected chi connectivity index (χ4v) is 6.58. The summed E-state index contributed by atoms with van der Waals surface area (Å²) in [5.74, 6) is -2.74. The molecule has 3 unspecified atom stereocenters. The largest absolute Gasteiger partial charge is 0.444 e. The second-order valence-electron chi connectivity index (χ2n) is 15.7. The molecule has 0 aromatic heterocycles. The summed E-state index contributed by atoms with van der Waals surface area (Å²) < 4.78 is 5.49. The summed E-state index contributed by atoms with van der Waals surface area (Å²) in [5.41, 5.74) is 3.97. The highest BCUT2D eigenvalue weighted by Gasteiger charge is 2.48. The molecule has 3 aliphatic rings. The van der Waals surface area contributed by atoms with Crippen molar-refractivity contribution in [2.45, 2.75) is 130 Å². The molecular formula is C33H56N6O7. The maximum atomic E-state index is 14.2. The van der Waals surface area contributed by atoms with Crippen LogP contribution in [0.15, 0.2) is 0 Å². The van der Waals surface area contributed by atoms with Gasteiger partial charge in [-0.05, 0) is 69.6 Å². The number of amides is 6. The zero-order valence-electron chi connectivity index (χ0n) is 28.9. The van der Waals surface area contributed by atoms with Crippen molar-refractivity contribution in [1.29, 1.82) is 0 Å². The summed E-state index contributed by atoms with van der Waals surface area (Å²) in [6, 6.07) is -3.77. The standard InChI is InChI=1S/C33H56N6O7/c1-19(2)22-14-16-39(24(22)28(42)36-23(25(40)27(34)41)17-20-11-9-12-20)29(43)26(32(3,4)5)37-30(44)35-21-13-10-15-38(18-21)31(45)46-33(6,7)8/h19-24,26H,9-18H2,1-8H3,(H2,34,41)(H,36,42)(H2,35,37,44)/t21?,22?,23?,24-,26+/m0/s1. The lowest BCUT2D eigenvalue weighted by Gasteiger charge is -2.38. The molecule has 3 fully saturated rings. The number of ketones is 1. The maximum absolute atomic E-state index is 14.2. The predicted molar refractivity (Wildman–Crippen MR) is 172 cm³/mol. The Labute approximate surface area is 273 Å². The van der Waals surface area contributed by atoms with Gasteiger partial charge in [0.05, 0.1) is 6.04 Å². The summed E-state index contributed by atoms with van der Waals surface area (Å²) in [6.07, 6.45) is 4.69. The third kappa shape index (κ3) is 9.81. The molecule has 1 saturated carbocycles. The van der Waals surface area contributed by atoms with E-state index < -0.39 is 64.8 Å². The number of piperidine rings is 1. The monoisotopic (exact) mass is 648 g/mol. The summed E-state index contributed by atoms with van der Waals surface area (Å²) >= 11 is 0. The normalized spacial score (nSPS) is 23.6. The van der Waals surface area contributed by atoms with Gasteiger partial charge in [-0.2, -0.15) is 0 Å². The zero-order chi connectivity index (χ0) is 34.6. The van der Waals surface area contributed by atoms with E-state index in [4.69, 9.17) is 10.5 Å². The number of Topliss-reactive ketones (excluding diaryl/α,β-unsaturated/α-hetero) is 1. The van der Waals surface area contributed by atoms with Crippen LogP contribution in [0.3, 0.4) is 0 Å². The topological polar surface area (TPSA) is 180 Å². The van der Waals surface area contributed by atoms with Gasteiger partial charge in [0.2, 0.25) is 17.6 Å². The van der Waals surface area contributed by atoms with Crippen LogP contribution in [-0.2, 0) is 23.9 Å². The molecule has 46 heavy (non-hydrogen) atoms. The van der Waals surface area contributed by atoms with Gasteiger partial charge >= 0.3 is 12.1 Å². The average molecular weight is 649 g/mol. The highest BCUT2D eigenvalue weighted by molar-refractivity contribution is 6.37. The highest BCUT2D eigenvalue weighted by Crippen LogP contribution is 2.34. The Morgan fingerprint density at radius 1 is 0.891 bits per heavy atom. The van der Waals surface area contributed by atoms with E-state index >= 15 is 0 Å². The van der Waals surface area contributed by atoms with E-state index in [0.29, 0.717) is 38.8 Å². The molecule has 2 heterocycles. The Balaban J connectivity index is 1.75. The van der Waals surface area contributed by atoms with Crippen LogP contribution >= 0.6 is 0 Å². The molecular weight excluding hydrogens is 592 g/mol. The van der Waals surface area contributed by atoms with Crippen LogP contribution < -0.4 is 21.7 Å². The van der Waals surface area contributed by atoms with Gasteiger partial charge in [0.15, 0.2) is 0 Å². The van der Waals surface area contributed by atoms with Crippen molar-refractivity contribution in [3.63, 3.8) is 0 Å². The van der Waals surface area contributed by atoms with Crippen molar-refractivity contribution >= 4 is 35.6 Å². The number of hydrogen-bond acceptors (Lipinski definition) is 7. The maximum Gasteiger partial charge on any atom is 0.410 e. The molecule has 0 bridgehead atoms. The molecule has 0 aromatic rings. The Kier molecular flexibility index (Phi) is 12.1. The first kappa shape index (κ1) is 37.1. The first-order chi connectivity index (χ1) is 21.3. The smallest absolute Gasteiger partial charge is 0.410 e. The van der Waals surface area contributed by atoms with Crippen LogP contribution in [0.1, 0.15) is 100 Å². The molecule has 5 N–H and O–H groups in total. The predicted octanol–water partition coefficient (Wildman–Crippen LogP) is 2.70. The molecule has 2 aliphatic heterocycles. The molecule has 260 valence electrons. The van der Waals surface area contributed by atoms with E-state index in [9.17, 15) is 28.8 Å². The first-order valence-electron chi connectivity index (χ1n) is 16.8. The number of nitrogens with one attached hydrogen (secondary N) is 3. The van der Waals surface area contributed by atoms with Crippen molar-refractivity contribution < 1.29 is 33.5 Å². The van der Waals surface area contributed by atoms with Crippen LogP contribution in [0, 0.1) is 23.2 Å². The van der Waals surface area contributed by atoms with Crippen LogP contribution in [0.4, 0.5) is 9.59 Å². The van der Waals surface area contributed by atoms with Gasteiger partial charge in [-0.15, -0.1) is 0 Å². The van der Waals surface area contributed by atoms with Gasteiger partial charge in [-0.3, -0.25) is 19.2 Å². The quantitative estimate of drug-likeness (QED) is 0.263. The van der Waals surface area contributed by atoms with E-state index in [-0.39, 0.29) is 30.3 Å². The third-order valence-corrected chi connectivity index (χ3v) is 9.32. The van der Waals surface area contributed by atoms with E-state index in [1.165, 1.54) is 4.90 Å². The molecule has 13 heteroatoms. The number of carbonyl (C=O) groups excluding carboxylic acids is 6. The molecule has 0 aromatic carbocycles. The second kappa shape index (κ2) is 15.0. The third-order valence-electron chi connectivity index (χ3n) is 9.32. The number of likely N-dealkylation sites (tertiary alicyclic amines) is 2. The lowest BCUT2D eigenvalue weighted by molar-refractivity contribution is -0.144. The minimum Gasteiger partial charge on any atom is -0.444 e. The number of urea groups is 1. The van der Waals surface area contributed by atoms with Crippen molar-refractivity contribution in [2.75, 3.05) is 19.6 Å². The minimum absolute atomic E-state index is 0.0500. The van der Waals surface area contributed by atoms with E-state index in [2.05, 4.69) is 16.0 Å². The lowest BCUT2D eigenvalue weighted by Crippen LogP contribution is -2.62. The second-order valence-corrected chi connectivity index (χ2v) is 15.7. The molecule has 0 radical (unpaired) electrons. The van der Waals surface area contributed by atoms with Crippen molar-refractivity contribution in [3.8, 4) is 0 Å². The Morgan fingerprint density at radius 3 is 2.07 bits per heavy atom. The summed E-state index contributed by atoms with van der Waals surface area (Å²) in [6.45, 7) is 16.0. The highest BCUT2D eigenvalue weighted by atomic mass is 16.6. The molecule has 6 amide bonds. The van der Waals surface area contributed by atoms with Crippen molar-refractivity contribution in [3.05, 3.63) is 0 Å². The molecule has 2 saturated heterocycles. The molecule has 13 nitrogen and oxygen atoms in total. The van der Waals surface area contributed by atoms with Gasteiger partial charge in [-0.1, -0.05) is 53.9 Å². The number of nitrogens with zero attached hydrogens (tertiary/aromatic N) is 2. The lowest BCUT2D eigenvalue weighted by atomic mass is 9.80. The molecule has 0 spiro atoms. The van der Waals surface area contributed by atoms with Crippen molar-refractivity contribution in [2.24, 2.45) is 28.9 Å². The summed E-state index contributed by atoms with van der Waals surface area (Å²) in [7, 11) is 0. The van der Waals surface area contributed by atoms with Gasteiger partial charge < -0.3 is 36.2 Å². The van der Waals surface area contributed by atoms with Crippen LogP contribution in [-0.4, -0.2) is 94.8 Å². The number of primary amides is 1. The number of nitrogens with two attached hydrogens (primary N) is 1. The van der Waals surface area contributed by atoms with E-state index in [1.807, 2.05) is 34.6 Å². The summed E-state index contributed by atoms with van der Waals surface area (Å²) in [5, 5.41) is 8.57. The van der Waals surface area contributed by atoms with Gasteiger partial charge in [0.25, 0.3) is 5.91 Å².